The van der Waals surface area contributed by atoms with E-state index < -0.39 is 10.0 Å². The van der Waals surface area contributed by atoms with Gasteiger partial charge < -0.3 is 9.64 Å². The molecule has 1 fully saturated rings. The van der Waals surface area contributed by atoms with Gasteiger partial charge in [0.1, 0.15) is 5.75 Å². The molecule has 158 valence electrons. The summed E-state index contributed by atoms with van der Waals surface area (Å²) in [6.45, 7) is 2.06. The first kappa shape index (κ1) is 21.1. The van der Waals surface area contributed by atoms with Crippen LogP contribution in [0.3, 0.4) is 0 Å². The first-order valence-corrected chi connectivity index (χ1v) is 12.2. The lowest BCUT2D eigenvalue weighted by Gasteiger charge is -2.33. The average molecular weight is 464 g/mol. The second-order valence-electron chi connectivity index (χ2n) is 6.96. The van der Waals surface area contributed by atoms with Crippen molar-refractivity contribution in [3.05, 3.63) is 70.2 Å². The van der Waals surface area contributed by atoms with E-state index in [2.05, 4.69) is 10.3 Å². The third kappa shape index (κ3) is 4.46. The minimum Gasteiger partial charge on any atom is -0.496 e. The fourth-order valence-corrected chi connectivity index (χ4v) is 5.87. The van der Waals surface area contributed by atoms with Gasteiger partial charge in [0.2, 0.25) is 10.0 Å². The van der Waals surface area contributed by atoms with E-state index in [9.17, 15) is 8.42 Å². The predicted octanol–water partition coefficient (Wildman–Crippen LogP) is 3.91. The minimum absolute atomic E-state index is 0.272. The van der Waals surface area contributed by atoms with Crippen LogP contribution < -0.4 is 9.64 Å². The van der Waals surface area contributed by atoms with Crippen molar-refractivity contribution >= 4 is 38.1 Å². The van der Waals surface area contributed by atoms with Crippen molar-refractivity contribution in [1.82, 2.24) is 9.29 Å². The maximum atomic E-state index is 12.8. The van der Waals surface area contributed by atoms with Gasteiger partial charge in [0.15, 0.2) is 5.13 Å². The van der Waals surface area contributed by atoms with Crippen molar-refractivity contribution in [2.24, 2.45) is 0 Å². The number of aromatic nitrogens is 1. The molecule has 3 aromatic rings. The van der Waals surface area contributed by atoms with E-state index in [1.165, 1.54) is 4.31 Å². The second-order valence-corrected chi connectivity index (χ2v) is 10.2. The molecule has 4 rings (SSSR count). The maximum absolute atomic E-state index is 12.8. The normalized spacial score (nSPS) is 15.3. The number of para-hydroxylation sites is 1. The molecule has 2 aromatic carbocycles. The van der Waals surface area contributed by atoms with Crippen LogP contribution in [-0.4, -0.2) is 51.0 Å². The first-order valence-electron chi connectivity index (χ1n) is 9.54. The highest BCUT2D eigenvalue weighted by atomic mass is 35.5. The van der Waals surface area contributed by atoms with Crippen LogP contribution in [0.15, 0.2) is 58.8 Å². The summed E-state index contributed by atoms with van der Waals surface area (Å²) in [5.74, 6) is 0.855. The van der Waals surface area contributed by atoms with Gasteiger partial charge in [-0.2, -0.15) is 4.31 Å². The number of methoxy groups -OCH3 is 1. The van der Waals surface area contributed by atoms with Crippen molar-refractivity contribution in [2.45, 2.75) is 11.3 Å². The van der Waals surface area contributed by atoms with Crippen LogP contribution in [0, 0.1) is 0 Å². The van der Waals surface area contributed by atoms with Crippen LogP contribution in [0.4, 0.5) is 5.13 Å². The molecule has 0 bridgehead atoms. The van der Waals surface area contributed by atoms with Gasteiger partial charge in [0.05, 0.1) is 17.7 Å². The molecule has 1 aliphatic heterocycles. The van der Waals surface area contributed by atoms with Gasteiger partial charge in [-0.3, -0.25) is 0 Å². The van der Waals surface area contributed by atoms with E-state index in [1.807, 2.05) is 24.3 Å². The molecule has 2 heterocycles. The van der Waals surface area contributed by atoms with Crippen LogP contribution in [0.5, 0.6) is 5.75 Å². The molecule has 9 heteroatoms. The summed E-state index contributed by atoms with van der Waals surface area (Å²) in [5, 5.41) is 3.49. The number of halogens is 1. The number of rotatable bonds is 6. The van der Waals surface area contributed by atoms with E-state index in [0.717, 1.165) is 22.1 Å². The number of hydrogen-bond donors (Lipinski definition) is 0. The molecule has 0 atom stereocenters. The second kappa shape index (κ2) is 8.93. The van der Waals surface area contributed by atoms with Gasteiger partial charge in [-0.15, -0.1) is 11.3 Å². The van der Waals surface area contributed by atoms with E-state index in [-0.39, 0.29) is 4.90 Å². The molecule has 1 aliphatic rings. The summed E-state index contributed by atoms with van der Waals surface area (Å²) in [7, 11) is -1.84. The molecular weight excluding hydrogens is 442 g/mol. The molecule has 0 radical (unpaired) electrons. The Hall–Kier alpha value is -2.13. The zero-order valence-electron chi connectivity index (χ0n) is 16.5. The lowest BCUT2D eigenvalue weighted by Crippen LogP contribution is -2.48. The van der Waals surface area contributed by atoms with E-state index in [4.69, 9.17) is 21.3 Å². The minimum atomic E-state index is -3.51. The highest BCUT2D eigenvalue weighted by Gasteiger charge is 2.29. The summed E-state index contributed by atoms with van der Waals surface area (Å²) in [6, 6.07) is 14.2. The summed E-state index contributed by atoms with van der Waals surface area (Å²) < 4.78 is 32.6. The van der Waals surface area contributed by atoms with Crippen molar-refractivity contribution in [3.8, 4) is 5.75 Å². The van der Waals surface area contributed by atoms with E-state index >= 15 is 0 Å². The average Bonchev–Trinajstić information content (AvgIpc) is 3.23. The van der Waals surface area contributed by atoms with Gasteiger partial charge in [0, 0.05) is 48.6 Å². The molecule has 30 heavy (non-hydrogen) atoms. The lowest BCUT2D eigenvalue weighted by atomic mass is 10.1. The molecule has 0 spiro atoms. The monoisotopic (exact) mass is 463 g/mol. The van der Waals surface area contributed by atoms with Crippen molar-refractivity contribution < 1.29 is 13.2 Å². The van der Waals surface area contributed by atoms with Gasteiger partial charge in [-0.1, -0.05) is 29.8 Å². The number of nitrogens with zero attached hydrogens (tertiary/aromatic N) is 3. The Labute approximate surface area is 185 Å². The van der Waals surface area contributed by atoms with E-state index in [1.54, 1.807) is 42.7 Å². The summed E-state index contributed by atoms with van der Waals surface area (Å²) in [5.41, 5.74) is 2.08. The molecule has 0 aliphatic carbocycles. The van der Waals surface area contributed by atoms with E-state index in [0.29, 0.717) is 37.6 Å². The van der Waals surface area contributed by atoms with Gasteiger partial charge in [0.25, 0.3) is 0 Å². The Kier molecular flexibility index (Phi) is 6.29. The Morgan fingerprint density at radius 3 is 2.47 bits per heavy atom. The zero-order valence-corrected chi connectivity index (χ0v) is 18.9. The maximum Gasteiger partial charge on any atom is 0.243 e. The van der Waals surface area contributed by atoms with Crippen LogP contribution in [0.1, 0.15) is 11.3 Å². The Balaban J connectivity index is 1.40. The number of ether oxygens (including phenoxy) is 1. The molecule has 1 aromatic heterocycles. The number of benzene rings is 2. The van der Waals surface area contributed by atoms with Gasteiger partial charge >= 0.3 is 0 Å². The van der Waals surface area contributed by atoms with Gasteiger partial charge in [-0.05, 0) is 30.3 Å². The van der Waals surface area contributed by atoms with Crippen molar-refractivity contribution in [2.75, 3.05) is 38.2 Å². The van der Waals surface area contributed by atoms with Crippen LogP contribution >= 0.6 is 22.9 Å². The van der Waals surface area contributed by atoms with Gasteiger partial charge in [-0.25, -0.2) is 13.4 Å². The fourth-order valence-electron chi connectivity index (χ4n) is 3.44. The lowest BCUT2D eigenvalue weighted by molar-refractivity contribution is 0.384. The fraction of sp³-hybridized carbons (Fsp3) is 0.286. The molecule has 6 nitrogen and oxygen atoms in total. The number of piperazine rings is 1. The standard InChI is InChI=1S/C21H22ClN3O3S2/c1-28-20-5-3-2-4-16(20)14-18-15-29-21(23-18)24-10-12-25(13-11-24)30(26,27)19-8-6-17(22)7-9-19/h2-9,15H,10-14H2,1H3. The third-order valence-corrected chi connectivity index (χ3v) is 8.18. The molecule has 0 saturated carbocycles. The molecule has 1 saturated heterocycles. The van der Waals surface area contributed by atoms with Crippen LogP contribution in [0.2, 0.25) is 5.02 Å². The predicted molar refractivity (Wildman–Crippen MR) is 120 cm³/mol. The molecule has 0 amide bonds. The Morgan fingerprint density at radius 1 is 1.07 bits per heavy atom. The van der Waals surface area contributed by atoms with Crippen LogP contribution in [0.25, 0.3) is 0 Å². The highest BCUT2D eigenvalue weighted by Crippen LogP contribution is 2.27. The largest absolute Gasteiger partial charge is 0.496 e. The molecule has 0 N–H and O–H groups in total. The third-order valence-electron chi connectivity index (χ3n) is 5.06. The summed E-state index contributed by atoms with van der Waals surface area (Å²) in [6.07, 6.45) is 0.700. The SMILES string of the molecule is COc1ccccc1Cc1csc(N2CCN(S(=O)(=O)c3ccc(Cl)cc3)CC2)n1. The summed E-state index contributed by atoms with van der Waals surface area (Å²) >= 11 is 7.46. The number of sulfonamides is 1. The van der Waals surface area contributed by atoms with Crippen molar-refractivity contribution in [3.63, 3.8) is 0 Å². The molecular formula is C21H22ClN3O3S2. The Bertz CT molecular complexity index is 1110. The van der Waals surface area contributed by atoms with Crippen molar-refractivity contribution in [1.29, 1.82) is 0 Å². The van der Waals surface area contributed by atoms with Crippen LogP contribution in [-0.2, 0) is 16.4 Å². The number of thiazole rings is 1. The summed E-state index contributed by atoms with van der Waals surface area (Å²) in [4.78, 5) is 7.18. The quantitative estimate of drug-likeness (QED) is 0.554. The zero-order chi connectivity index (χ0) is 21.1. The number of anilines is 1. The first-order chi connectivity index (χ1) is 14.5. The number of hydrogen-bond acceptors (Lipinski definition) is 6. The highest BCUT2D eigenvalue weighted by molar-refractivity contribution is 7.89. The Morgan fingerprint density at radius 2 is 1.77 bits per heavy atom. The smallest absolute Gasteiger partial charge is 0.243 e. The molecule has 0 unspecified atom stereocenters. The topological polar surface area (TPSA) is 62.7 Å².